The van der Waals surface area contributed by atoms with Crippen molar-refractivity contribution in [2.75, 3.05) is 5.32 Å². The zero-order valence-corrected chi connectivity index (χ0v) is 19.7. The van der Waals surface area contributed by atoms with Crippen LogP contribution in [0.5, 0.6) is 5.75 Å². The maximum atomic E-state index is 12.5. The van der Waals surface area contributed by atoms with E-state index in [0.29, 0.717) is 27.3 Å². The number of rotatable bonds is 7. The Labute approximate surface area is 202 Å². The molecular formula is C25H22Cl2N2O2S. The van der Waals surface area contributed by atoms with Gasteiger partial charge in [-0.2, -0.15) is 0 Å². The fraction of sp³-hybridized carbons (Fsp3) is 0.160. The fourth-order valence-corrected chi connectivity index (χ4v) is 4.51. The summed E-state index contributed by atoms with van der Waals surface area (Å²) < 4.78 is 6.00. The molecule has 0 unspecified atom stereocenters. The van der Waals surface area contributed by atoms with Gasteiger partial charge in [-0.05, 0) is 54.0 Å². The molecule has 4 rings (SSSR count). The van der Waals surface area contributed by atoms with Crippen molar-refractivity contribution < 1.29 is 9.53 Å². The molecule has 2 N–H and O–H groups in total. The number of halogens is 2. The van der Waals surface area contributed by atoms with Crippen molar-refractivity contribution in [1.82, 2.24) is 5.32 Å². The number of aryl methyl sites for hydroxylation is 1. The number of benzene rings is 3. The highest BCUT2D eigenvalue weighted by Gasteiger charge is 2.27. The van der Waals surface area contributed by atoms with Crippen LogP contribution in [-0.2, 0) is 17.8 Å². The lowest BCUT2D eigenvalue weighted by atomic mass is 10.1. The maximum Gasteiger partial charge on any atom is 0.260 e. The highest BCUT2D eigenvalue weighted by atomic mass is 35.5. The largest absolute Gasteiger partial charge is 0.488 e. The fourth-order valence-electron chi connectivity index (χ4n) is 3.22. The predicted molar refractivity (Wildman–Crippen MR) is 134 cm³/mol. The molecule has 0 spiro atoms. The Balaban J connectivity index is 1.44. The molecule has 0 bridgehead atoms. The summed E-state index contributed by atoms with van der Waals surface area (Å²) in [5, 5.41) is 7.31. The summed E-state index contributed by atoms with van der Waals surface area (Å²) in [7, 11) is 0. The predicted octanol–water partition coefficient (Wildman–Crippen LogP) is 6.73. The van der Waals surface area contributed by atoms with Crippen molar-refractivity contribution in [3.8, 4) is 5.75 Å². The molecule has 1 heterocycles. The SMILES string of the molecule is CCc1ccc(N[C@@H]2NC(=O)/C(=C/c3ccccc3OCc3ccc(Cl)c(Cl)c3)S2)cc1. The molecule has 0 saturated carbocycles. The standard InChI is InChI=1S/C25H22Cl2N2O2S/c1-2-16-7-10-19(11-8-16)28-25-29-24(30)23(32-25)14-18-5-3-4-6-22(18)31-15-17-9-12-20(26)21(27)13-17/h3-14,25,28H,2,15H2,1H3,(H,29,30)/b23-14-/t25-/m1/s1. The van der Waals surface area contributed by atoms with Crippen LogP contribution in [0.2, 0.25) is 10.0 Å². The van der Waals surface area contributed by atoms with Crippen LogP contribution >= 0.6 is 35.0 Å². The molecule has 0 aliphatic carbocycles. The molecule has 0 radical (unpaired) electrons. The minimum absolute atomic E-state index is 0.114. The first kappa shape index (κ1) is 22.6. The van der Waals surface area contributed by atoms with Crippen LogP contribution in [0.1, 0.15) is 23.6 Å². The number of carbonyl (C=O) groups is 1. The second-order valence-corrected chi connectivity index (χ2v) is 9.21. The molecule has 1 aliphatic heterocycles. The highest BCUT2D eigenvalue weighted by molar-refractivity contribution is 8.05. The molecule has 3 aromatic rings. The van der Waals surface area contributed by atoms with Crippen LogP contribution in [0, 0.1) is 0 Å². The van der Waals surface area contributed by atoms with E-state index in [1.807, 2.05) is 48.5 Å². The number of thioether (sulfide) groups is 1. The minimum Gasteiger partial charge on any atom is -0.488 e. The van der Waals surface area contributed by atoms with Crippen molar-refractivity contribution >= 4 is 52.6 Å². The summed E-state index contributed by atoms with van der Waals surface area (Å²) in [6.45, 7) is 2.47. The minimum atomic E-state index is -0.231. The first-order chi connectivity index (χ1) is 15.5. The second-order valence-electron chi connectivity index (χ2n) is 7.25. The van der Waals surface area contributed by atoms with Gasteiger partial charge in [-0.1, -0.05) is 78.3 Å². The Bertz CT molecular complexity index is 1150. The summed E-state index contributed by atoms with van der Waals surface area (Å²) in [5.74, 6) is 0.572. The highest BCUT2D eigenvalue weighted by Crippen LogP contribution is 2.32. The molecule has 0 aromatic heterocycles. The van der Waals surface area contributed by atoms with Crippen LogP contribution in [0.3, 0.4) is 0 Å². The lowest BCUT2D eigenvalue weighted by Gasteiger charge is -2.13. The van der Waals surface area contributed by atoms with Gasteiger partial charge in [-0.15, -0.1) is 0 Å². The number of hydrogen-bond donors (Lipinski definition) is 2. The topological polar surface area (TPSA) is 50.4 Å². The molecule has 1 saturated heterocycles. The monoisotopic (exact) mass is 484 g/mol. The first-order valence-electron chi connectivity index (χ1n) is 10.2. The zero-order chi connectivity index (χ0) is 22.5. The Kier molecular flexibility index (Phi) is 7.30. The van der Waals surface area contributed by atoms with E-state index in [4.69, 9.17) is 27.9 Å². The lowest BCUT2D eigenvalue weighted by Crippen LogP contribution is -2.30. The van der Waals surface area contributed by atoms with Gasteiger partial charge in [-0.25, -0.2) is 0 Å². The van der Waals surface area contributed by atoms with E-state index in [0.717, 1.165) is 23.2 Å². The van der Waals surface area contributed by atoms with E-state index in [1.165, 1.54) is 17.3 Å². The molecule has 32 heavy (non-hydrogen) atoms. The van der Waals surface area contributed by atoms with Crippen molar-refractivity contribution in [1.29, 1.82) is 0 Å². The van der Waals surface area contributed by atoms with Gasteiger partial charge >= 0.3 is 0 Å². The Morgan fingerprint density at radius 2 is 1.78 bits per heavy atom. The van der Waals surface area contributed by atoms with Gasteiger partial charge in [0.25, 0.3) is 5.91 Å². The van der Waals surface area contributed by atoms with Crippen molar-refractivity contribution in [2.45, 2.75) is 25.4 Å². The molecular weight excluding hydrogens is 463 g/mol. The Hall–Kier alpha value is -2.60. The molecule has 1 fully saturated rings. The third-order valence-corrected chi connectivity index (χ3v) is 6.74. The first-order valence-corrected chi connectivity index (χ1v) is 11.9. The molecule has 3 aromatic carbocycles. The number of hydrogen-bond acceptors (Lipinski definition) is 4. The molecule has 1 aliphatic rings. The van der Waals surface area contributed by atoms with E-state index in [2.05, 4.69) is 29.7 Å². The van der Waals surface area contributed by atoms with Gasteiger partial charge in [0.2, 0.25) is 0 Å². The van der Waals surface area contributed by atoms with Crippen LogP contribution in [-0.4, -0.2) is 11.4 Å². The van der Waals surface area contributed by atoms with Gasteiger partial charge < -0.3 is 15.4 Å². The average Bonchev–Trinajstić information content (AvgIpc) is 3.14. The van der Waals surface area contributed by atoms with Crippen molar-refractivity contribution in [3.05, 3.63) is 98.4 Å². The molecule has 1 amide bonds. The third kappa shape index (κ3) is 5.60. The van der Waals surface area contributed by atoms with Crippen molar-refractivity contribution in [3.63, 3.8) is 0 Å². The summed E-state index contributed by atoms with van der Waals surface area (Å²) in [6, 6.07) is 21.3. The van der Waals surface area contributed by atoms with Gasteiger partial charge in [0, 0.05) is 11.3 Å². The number of nitrogens with one attached hydrogen (secondary N) is 2. The second kappa shape index (κ2) is 10.3. The summed E-state index contributed by atoms with van der Waals surface area (Å²) in [5.41, 5.74) is 3.75. The maximum absolute atomic E-state index is 12.5. The number of anilines is 1. The summed E-state index contributed by atoms with van der Waals surface area (Å²) in [4.78, 5) is 13.2. The number of amides is 1. The van der Waals surface area contributed by atoms with Crippen molar-refractivity contribution in [2.24, 2.45) is 0 Å². The van der Waals surface area contributed by atoms with Crippen LogP contribution < -0.4 is 15.4 Å². The Morgan fingerprint density at radius 1 is 1.03 bits per heavy atom. The van der Waals surface area contributed by atoms with Gasteiger partial charge in [0.1, 0.15) is 12.4 Å². The van der Waals surface area contributed by atoms with Gasteiger partial charge in [-0.3, -0.25) is 4.79 Å². The average molecular weight is 485 g/mol. The molecule has 4 nitrogen and oxygen atoms in total. The normalized spacial score (nSPS) is 16.8. The smallest absolute Gasteiger partial charge is 0.260 e. The van der Waals surface area contributed by atoms with E-state index in [1.54, 1.807) is 12.1 Å². The van der Waals surface area contributed by atoms with Gasteiger partial charge in [0.15, 0.2) is 5.50 Å². The van der Waals surface area contributed by atoms with E-state index in [-0.39, 0.29) is 11.4 Å². The van der Waals surface area contributed by atoms with Crippen LogP contribution in [0.4, 0.5) is 5.69 Å². The molecule has 7 heteroatoms. The quantitative estimate of drug-likeness (QED) is 0.364. The molecule has 1 atom stereocenters. The summed E-state index contributed by atoms with van der Waals surface area (Å²) >= 11 is 13.5. The van der Waals surface area contributed by atoms with Crippen LogP contribution in [0.25, 0.3) is 6.08 Å². The third-order valence-electron chi connectivity index (χ3n) is 4.97. The molecule has 164 valence electrons. The van der Waals surface area contributed by atoms with E-state index < -0.39 is 0 Å². The summed E-state index contributed by atoms with van der Waals surface area (Å²) in [6.07, 6.45) is 2.85. The number of carbonyl (C=O) groups excluding carboxylic acids is 1. The number of para-hydroxylation sites is 1. The van der Waals surface area contributed by atoms with E-state index >= 15 is 0 Å². The van der Waals surface area contributed by atoms with Crippen LogP contribution in [0.15, 0.2) is 71.6 Å². The van der Waals surface area contributed by atoms with E-state index in [9.17, 15) is 4.79 Å². The van der Waals surface area contributed by atoms with Gasteiger partial charge in [0.05, 0.1) is 15.0 Å². The number of ether oxygens (including phenoxy) is 1. The zero-order valence-electron chi connectivity index (χ0n) is 17.4. The lowest BCUT2D eigenvalue weighted by molar-refractivity contribution is -0.116. The Morgan fingerprint density at radius 3 is 2.53 bits per heavy atom.